The minimum absolute atomic E-state index is 0.100. The SMILES string of the molecule is NS(=O)(=O)c1ccc(-n2nc(C(F)(F)F)cc2CC2CCCC2)cc1. The van der Waals surface area contributed by atoms with Crippen LogP contribution in [0.1, 0.15) is 37.1 Å². The number of rotatable bonds is 4. The summed E-state index contributed by atoms with van der Waals surface area (Å²) in [4.78, 5) is -0.100. The van der Waals surface area contributed by atoms with E-state index < -0.39 is 21.9 Å². The van der Waals surface area contributed by atoms with E-state index in [1.807, 2.05) is 0 Å². The van der Waals surface area contributed by atoms with Crippen LogP contribution in [-0.4, -0.2) is 18.2 Å². The maximum Gasteiger partial charge on any atom is 0.435 e. The Morgan fingerprint density at radius 1 is 1.16 bits per heavy atom. The Balaban J connectivity index is 1.99. The molecule has 1 fully saturated rings. The van der Waals surface area contributed by atoms with Gasteiger partial charge in [0.05, 0.1) is 10.6 Å². The van der Waals surface area contributed by atoms with Gasteiger partial charge in [-0.3, -0.25) is 0 Å². The minimum atomic E-state index is -4.53. The molecule has 1 aromatic carbocycles. The molecule has 2 N–H and O–H groups in total. The molecule has 0 aliphatic heterocycles. The van der Waals surface area contributed by atoms with Gasteiger partial charge in [-0.2, -0.15) is 18.3 Å². The number of aromatic nitrogens is 2. The van der Waals surface area contributed by atoms with Crippen LogP contribution in [0.15, 0.2) is 35.2 Å². The highest BCUT2D eigenvalue weighted by Crippen LogP contribution is 2.33. The number of hydrogen-bond donors (Lipinski definition) is 1. The fourth-order valence-corrected chi connectivity index (χ4v) is 3.73. The standard InChI is InChI=1S/C16H18F3N3O2S/c17-16(18,19)15-10-13(9-11-3-1-2-4-11)22(21-15)12-5-7-14(8-6-12)25(20,23)24/h5-8,10-11H,1-4,9H2,(H2,20,23,24). The van der Waals surface area contributed by atoms with Crippen molar-refractivity contribution in [3.05, 3.63) is 41.7 Å². The van der Waals surface area contributed by atoms with Crippen molar-refractivity contribution in [2.75, 3.05) is 0 Å². The number of nitrogens with zero attached hydrogens (tertiary/aromatic N) is 2. The van der Waals surface area contributed by atoms with E-state index in [1.165, 1.54) is 28.9 Å². The summed E-state index contributed by atoms with van der Waals surface area (Å²) in [5.74, 6) is 0.347. The fraction of sp³-hybridized carbons (Fsp3) is 0.438. The van der Waals surface area contributed by atoms with Crippen LogP contribution >= 0.6 is 0 Å². The van der Waals surface area contributed by atoms with Crippen LogP contribution in [0.2, 0.25) is 0 Å². The minimum Gasteiger partial charge on any atom is -0.237 e. The van der Waals surface area contributed by atoms with Gasteiger partial charge in [-0.25, -0.2) is 18.2 Å². The first-order valence-corrected chi connectivity index (χ1v) is 9.48. The lowest BCUT2D eigenvalue weighted by Crippen LogP contribution is -2.12. The average molecular weight is 373 g/mol. The highest BCUT2D eigenvalue weighted by atomic mass is 32.2. The van der Waals surface area contributed by atoms with Crippen molar-refractivity contribution in [1.29, 1.82) is 0 Å². The van der Waals surface area contributed by atoms with Gasteiger partial charge in [0.15, 0.2) is 5.69 Å². The molecule has 0 saturated heterocycles. The van der Waals surface area contributed by atoms with Crippen LogP contribution in [0.4, 0.5) is 13.2 Å². The lowest BCUT2D eigenvalue weighted by molar-refractivity contribution is -0.141. The van der Waals surface area contributed by atoms with Gasteiger partial charge in [0.25, 0.3) is 0 Å². The van der Waals surface area contributed by atoms with Crippen molar-refractivity contribution in [3.8, 4) is 5.69 Å². The predicted octanol–water partition coefficient (Wildman–Crippen LogP) is 3.27. The number of hydrogen-bond acceptors (Lipinski definition) is 3. The van der Waals surface area contributed by atoms with Crippen LogP contribution in [0, 0.1) is 5.92 Å². The Bertz CT molecular complexity index is 852. The summed E-state index contributed by atoms with van der Waals surface area (Å²) >= 11 is 0. The third kappa shape index (κ3) is 4.04. The quantitative estimate of drug-likeness (QED) is 0.893. The van der Waals surface area contributed by atoms with Gasteiger partial charge >= 0.3 is 6.18 Å². The van der Waals surface area contributed by atoms with E-state index in [2.05, 4.69) is 5.10 Å². The van der Waals surface area contributed by atoms with Crippen molar-refractivity contribution >= 4 is 10.0 Å². The highest BCUT2D eigenvalue weighted by molar-refractivity contribution is 7.89. The fourth-order valence-electron chi connectivity index (χ4n) is 3.21. The summed E-state index contributed by atoms with van der Waals surface area (Å²) in [6, 6.07) is 6.42. The van der Waals surface area contributed by atoms with Crippen LogP contribution in [0.25, 0.3) is 5.69 Å². The largest absolute Gasteiger partial charge is 0.435 e. The zero-order valence-corrected chi connectivity index (χ0v) is 14.1. The highest BCUT2D eigenvalue weighted by Gasteiger charge is 2.35. The summed E-state index contributed by atoms with van der Waals surface area (Å²) in [5, 5.41) is 8.74. The van der Waals surface area contributed by atoms with Crippen LogP contribution < -0.4 is 5.14 Å². The average Bonchev–Trinajstić information content (AvgIpc) is 3.16. The van der Waals surface area contributed by atoms with E-state index in [4.69, 9.17) is 5.14 Å². The predicted molar refractivity (Wildman–Crippen MR) is 85.6 cm³/mol. The Hall–Kier alpha value is -1.87. The van der Waals surface area contributed by atoms with Crippen molar-refractivity contribution in [2.45, 2.75) is 43.2 Å². The van der Waals surface area contributed by atoms with Gasteiger partial charge in [-0.15, -0.1) is 0 Å². The lowest BCUT2D eigenvalue weighted by Gasteiger charge is -2.11. The molecule has 136 valence electrons. The Kier molecular flexibility index (Phi) is 4.63. The van der Waals surface area contributed by atoms with E-state index in [9.17, 15) is 21.6 Å². The van der Waals surface area contributed by atoms with E-state index in [1.54, 1.807) is 0 Å². The molecule has 0 radical (unpaired) electrons. The van der Waals surface area contributed by atoms with Gasteiger partial charge in [0, 0.05) is 5.69 Å². The topological polar surface area (TPSA) is 78.0 Å². The molecular formula is C16H18F3N3O2S. The molecule has 0 atom stereocenters. The molecule has 1 heterocycles. The van der Waals surface area contributed by atoms with E-state index in [0.29, 0.717) is 23.7 Å². The molecule has 0 spiro atoms. The number of benzene rings is 1. The summed E-state index contributed by atoms with van der Waals surface area (Å²) in [7, 11) is -3.86. The van der Waals surface area contributed by atoms with E-state index in [-0.39, 0.29) is 4.90 Å². The zero-order chi connectivity index (χ0) is 18.2. The van der Waals surface area contributed by atoms with Gasteiger partial charge in [0.2, 0.25) is 10.0 Å². The van der Waals surface area contributed by atoms with Crippen LogP contribution in [-0.2, 0) is 22.6 Å². The molecule has 1 aromatic heterocycles. The number of alkyl halides is 3. The van der Waals surface area contributed by atoms with Crippen LogP contribution in [0.3, 0.4) is 0 Å². The molecule has 1 aliphatic carbocycles. The molecule has 2 aromatic rings. The van der Waals surface area contributed by atoms with Crippen molar-refractivity contribution in [2.24, 2.45) is 11.1 Å². The molecule has 0 unspecified atom stereocenters. The first-order valence-electron chi connectivity index (χ1n) is 7.94. The Morgan fingerprint density at radius 3 is 2.28 bits per heavy atom. The molecule has 9 heteroatoms. The zero-order valence-electron chi connectivity index (χ0n) is 13.3. The number of sulfonamides is 1. The van der Waals surface area contributed by atoms with Crippen molar-refractivity contribution < 1.29 is 21.6 Å². The molecular weight excluding hydrogens is 355 g/mol. The van der Waals surface area contributed by atoms with E-state index in [0.717, 1.165) is 31.7 Å². The van der Waals surface area contributed by atoms with Gasteiger partial charge < -0.3 is 0 Å². The van der Waals surface area contributed by atoms with Gasteiger partial charge in [0.1, 0.15) is 0 Å². The molecule has 0 bridgehead atoms. The van der Waals surface area contributed by atoms with Crippen molar-refractivity contribution in [1.82, 2.24) is 9.78 Å². The molecule has 3 rings (SSSR count). The molecule has 0 amide bonds. The second kappa shape index (κ2) is 6.45. The second-order valence-electron chi connectivity index (χ2n) is 6.32. The summed E-state index contributed by atoms with van der Waals surface area (Å²) in [6.45, 7) is 0. The smallest absolute Gasteiger partial charge is 0.237 e. The first kappa shape index (κ1) is 17.9. The second-order valence-corrected chi connectivity index (χ2v) is 7.89. The van der Waals surface area contributed by atoms with Crippen molar-refractivity contribution in [3.63, 3.8) is 0 Å². The van der Waals surface area contributed by atoms with Gasteiger partial charge in [-0.05, 0) is 42.7 Å². The Labute approximate surface area is 143 Å². The first-order chi connectivity index (χ1) is 11.6. The number of nitrogens with two attached hydrogens (primary N) is 1. The lowest BCUT2D eigenvalue weighted by atomic mass is 10.0. The number of halogens is 3. The maximum atomic E-state index is 13.1. The maximum absolute atomic E-state index is 13.1. The summed E-state index contributed by atoms with van der Waals surface area (Å²) < 4.78 is 63.1. The summed E-state index contributed by atoms with van der Waals surface area (Å²) in [6.07, 6.45) is 0.159. The molecule has 5 nitrogen and oxygen atoms in total. The third-order valence-electron chi connectivity index (χ3n) is 4.46. The molecule has 1 saturated carbocycles. The third-order valence-corrected chi connectivity index (χ3v) is 5.39. The normalized spacial score (nSPS) is 16.5. The summed E-state index contributed by atoms with van der Waals surface area (Å²) in [5.41, 5.74) is -0.102. The van der Waals surface area contributed by atoms with E-state index >= 15 is 0 Å². The number of primary sulfonamides is 1. The van der Waals surface area contributed by atoms with Gasteiger partial charge in [-0.1, -0.05) is 25.7 Å². The Morgan fingerprint density at radius 2 is 1.76 bits per heavy atom. The van der Waals surface area contributed by atoms with Crippen LogP contribution in [0.5, 0.6) is 0 Å². The molecule has 1 aliphatic rings. The monoisotopic (exact) mass is 373 g/mol. The molecule has 25 heavy (non-hydrogen) atoms.